The van der Waals surface area contributed by atoms with Crippen molar-refractivity contribution < 1.29 is 14.3 Å². The fraction of sp³-hybridized carbons (Fsp3) is 0.417. The number of rotatable bonds is 2. The number of carbonyl (C=O) groups is 1. The van der Waals surface area contributed by atoms with Crippen molar-refractivity contribution in [1.29, 1.82) is 5.26 Å². The van der Waals surface area contributed by atoms with Gasteiger partial charge in [0.05, 0.1) is 25.8 Å². The standard InChI is InChI=1S/C12H13N3O3/c1-17-12(16)10-8-15(4-5-18-10)11-3-2-9(6-13)7-14-11/h2-3,7,10H,4-5,8H2,1H3. The highest BCUT2D eigenvalue weighted by Crippen LogP contribution is 2.15. The van der Waals surface area contributed by atoms with Crippen molar-refractivity contribution in [2.75, 3.05) is 31.7 Å². The molecule has 0 N–H and O–H groups in total. The Hall–Kier alpha value is -2.13. The zero-order chi connectivity index (χ0) is 13.0. The summed E-state index contributed by atoms with van der Waals surface area (Å²) < 4.78 is 9.99. The average molecular weight is 247 g/mol. The number of carbonyl (C=O) groups excluding carboxylic acids is 1. The van der Waals surface area contributed by atoms with Crippen LogP contribution in [0.5, 0.6) is 0 Å². The molecular weight excluding hydrogens is 234 g/mol. The monoisotopic (exact) mass is 247 g/mol. The summed E-state index contributed by atoms with van der Waals surface area (Å²) in [7, 11) is 1.34. The maximum Gasteiger partial charge on any atom is 0.336 e. The topological polar surface area (TPSA) is 75.5 Å². The van der Waals surface area contributed by atoms with Crippen molar-refractivity contribution >= 4 is 11.8 Å². The summed E-state index contributed by atoms with van der Waals surface area (Å²) in [5, 5.41) is 8.70. The molecule has 1 aromatic rings. The van der Waals surface area contributed by atoms with Gasteiger partial charge in [0.15, 0.2) is 6.10 Å². The molecule has 0 radical (unpaired) electrons. The van der Waals surface area contributed by atoms with Crippen LogP contribution in [0.2, 0.25) is 0 Å². The Morgan fingerprint density at radius 3 is 3.11 bits per heavy atom. The van der Waals surface area contributed by atoms with Crippen LogP contribution in [0.1, 0.15) is 5.56 Å². The number of esters is 1. The molecule has 1 aromatic heterocycles. The fourth-order valence-electron chi connectivity index (χ4n) is 1.77. The summed E-state index contributed by atoms with van der Waals surface area (Å²) in [5.74, 6) is 0.347. The van der Waals surface area contributed by atoms with Crippen LogP contribution in [0, 0.1) is 11.3 Å². The van der Waals surface area contributed by atoms with E-state index in [1.54, 1.807) is 12.1 Å². The van der Waals surface area contributed by atoms with Gasteiger partial charge in [0.2, 0.25) is 0 Å². The van der Waals surface area contributed by atoms with E-state index >= 15 is 0 Å². The van der Waals surface area contributed by atoms with E-state index < -0.39 is 6.10 Å². The first-order valence-electron chi connectivity index (χ1n) is 5.55. The average Bonchev–Trinajstić information content (AvgIpc) is 2.46. The zero-order valence-corrected chi connectivity index (χ0v) is 10.00. The van der Waals surface area contributed by atoms with Crippen LogP contribution >= 0.6 is 0 Å². The molecule has 0 aromatic carbocycles. The number of nitrogens with zero attached hydrogens (tertiary/aromatic N) is 3. The fourth-order valence-corrected chi connectivity index (χ4v) is 1.77. The smallest absolute Gasteiger partial charge is 0.336 e. The highest BCUT2D eigenvalue weighted by molar-refractivity contribution is 5.75. The van der Waals surface area contributed by atoms with Gasteiger partial charge in [0, 0.05) is 12.7 Å². The van der Waals surface area contributed by atoms with Crippen molar-refractivity contribution in [3.63, 3.8) is 0 Å². The van der Waals surface area contributed by atoms with E-state index in [0.29, 0.717) is 25.3 Å². The Labute approximate surface area is 105 Å². The molecule has 0 spiro atoms. The van der Waals surface area contributed by atoms with Crippen molar-refractivity contribution in [3.8, 4) is 6.07 Å². The van der Waals surface area contributed by atoms with Gasteiger partial charge in [-0.25, -0.2) is 9.78 Å². The van der Waals surface area contributed by atoms with Crippen LogP contribution in [-0.2, 0) is 14.3 Å². The summed E-state index contributed by atoms with van der Waals surface area (Å²) >= 11 is 0. The van der Waals surface area contributed by atoms with Gasteiger partial charge in [-0.3, -0.25) is 0 Å². The molecule has 1 aliphatic heterocycles. The molecule has 0 bridgehead atoms. The maximum absolute atomic E-state index is 11.4. The minimum Gasteiger partial charge on any atom is -0.467 e. The molecule has 1 unspecified atom stereocenters. The number of methoxy groups -OCH3 is 1. The second kappa shape index (κ2) is 5.47. The number of hydrogen-bond donors (Lipinski definition) is 0. The van der Waals surface area contributed by atoms with E-state index in [2.05, 4.69) is 9.72 Å². The molecule has 0 amide bonds. The largest absolute Gasteiger partial charge is 0.467 e. The number of hydrogen-bond acceptors (Lipinski definition) is 6. The number of ether oxygens (including phenoxy) is 2. The third-order valence-electron chi connectivity index (χ3n) is 2.73. The van der Waals surface area contributed by atoms with E-state index in [9.17, 15) is 4.79 Å². The Kier molecular flexibility index (Phi) is 3.75. The summed E-state index contributed by atoms with van der Waals surface area (Å²) in [6.07, 6.45) is 0.930. The molecule has 1 saturated heterocycles. The van der Waals surface area contributed by atoms with Gasteiger partial charge in [-0.05, 0) is 12.1 Å². The third-order valence-corrected chi connectivity index (χ3v) is 2.73. The predicted octanol–water partition coefficient (Wildman–Crippen LogP) is 0.331. The minimum atomic E-state index is -0.582. The molecule has 0 saturated carbocycles. The highest BCUT2D eigenvalue weighted by Gasteiger charge is 2.27. The lowest BCUT2D eigenvalue weighted by Crippen LogP contribution is -2.46. The number of morpholine rings is 1. The lowest BCUT2D eigenvalue weighted by molar-refractivity contribution is -0.154. The van der Waals surface area contributed by atoms with Gasteiger partial charge in [0.25, 0.3) is 0 Å². The molecule has 1 atom stereocenters. The van der Waals surface area contributed by atoms with Crippen LogP contribution < -0.4 is 4.90 Å². The first-order chi connectivity index (χ1) is 8.74. The van der Waals surface area contributed by atoms with Crippen molar-refractivity contribution in [2.24, 2.45) is 0 Å². The first kappa shape index (κ1) is 12.3. The molecule has 6 heteroatoms. The van der Waals surface area contributed by atoms with E-state index in [1.165, 1.54) is 13.3 Å². The van der Waals surface area contributed by atoms with Crippen LogP contribution in [0.3, 0.4) is 0 Å². The SMILES string of the molecule is COC(=O)C1CN(c2ccc(C#N)cn2)CCO1. The van der Waals surface area contributed by atoms with Crippen LogP contribution in [0.4, 0.5) is 5.82 Å². The van der Waals surface area contributed by atoms with Crippen molar-refractivity contribution in [3.05, 3.63) is 23.9 Å². The maximum atomic E-state index is 11.4. The van der Waals surface area contributed by atoms with E-state index in [4.69, 9.17) is 10.00 Å². The van der Waals surface area contributed by atoms with Gasteiger partial charge < -0.3 is 14.4 Å². The number of pyridine rings is 1. The quantitative estimate of drug-likeness (QED) is 0.701. The minimum absolute atomic E-state index is 0.381. The van der Waals surface area contributed by atoms with Crippen LogP contribution in [0.15, 0.2) is 18.3 Å². The summed E-state index contributed by atoms with van der Waals surface area (Å²) in [5.41, 5.74) is 0.511. The van der Waals surface area contributed by atoms with Crippen molar-refractivity contribution in [1.82, 2.24) is 4.98 Å². The number of anilines is 1. The van der Waals surface area contributed by atoms with Gasteiger partial charge in [-0.2, -0.15) is 5.26 Å². The Morgan fingerprint density at radius 2 is 2.50 bits per heavy atom. The normalized spacial score (nSPS) is 19.1. The summed E-state index contributed by atoms with van der Waals surface area (Å²) in [6.45, 7) is 1.51. The molecular formula is C12H13N3O3. The summed E-state index contributed by atoms with van der Waals surface area (Å²) in [6, 6.07) is 5.47. The van der Waals surface area contributed by atoms with Gasteiger partial charge in [0.1, 0.15) is 11.9 Å². The molecule has 2 heterocycles. The van der Waals surface area contributed by atoms with Crippen LogP contribution in [-0.4, -0.2) is 43.9 Å². The molecule has 1 aliphatic rings. The molecule has 0 aliphatic carbocycles. The van der Waals surface area contributed by atoms with E-state index in [0.717, 1.165) is 5.82 Å². The second-order valence-electron chi connectivity index (χ2n) is 3.85. The Bertz CT molecular complexity index is 466. The van der Waals surface area contributed by atoms with E-state index in [-0.39, 0.29) is 5.97 Å². The van der Waals surface area contributed by atoms with Crippen molar-refractivity contribution in [2.45, 2.75) is 6.10 Å². The number of aromatic nitrogens is 1. The molecule has 18 heavy (non-hydrogen) atoms. The number of nitriles is 1. The molecule has 2 rings (SSSR count). The summed E-state index contributed by atoms with van der Waals surface area (Å²) in [4.78, 5) is 17.5. The molecule has 6 nitrogen and oxygen atoms in total. The highest BCUT2D eigenvalue weighted by atomic mass is 16.6. The van der Waals surface area contributed by atoms with Crippen LogP contribution in [0.25, 0.3) is 0 Å². The lowest BCUT2D eigenvalue weighted by Gasteiger charge is -2.32. The first-order valence-corrected chi connectivity index (χ1v) is 5.55. The Balaban J connectivity index is 2.08. The van der Waals surface area contributed by atoms with Gasteiger partial charge in [-0.15, -0.1) is 0 Å². The second-order valence-corrected chi connectivity index (χ2v) is 3.85. The van der Waals surface area contributed by atoms with Gasteiger partial charge in [-0.1, -0.05) is 0 Å². The van der Waals surface area contributed by atoms with E-state index in [1.807, 2.05) is 11.0 Å². The zero-order valence-electron chi connectivity index (χ0n) is 10.00. The third kappa shape index (κ3) is 2.57. The molecule has 94 valence electrons. The molecule has 1 fully saturated rings. The van der Waals surface area contributed by atoms with Gasteiger partial charge >= 0.3 is 5.97 Å². The Morgan fingerprint density at radius 1 is 1.67 bits per heavy atom. The predicted molar refractivity (Wildman–Crippen MR) is 62.9 cm³/mol. The lowest BCUT2D eigenvalue weighted by atomic mass is 10.2.